The van der Waals surface area contributed by atoms with Gasteiger partial charge in [0.05, 0.1) is 0 Å². The van der Waals surface area contributed by atoms with E-state index in [1.807, 2.05) is 53.8 Å². The van der Waals surface area contributed by atoms with E-state index in [9.17, 15) is 0 Å². The second-order valence-corrected chi connectivity index (χ2v) is 17.9. The quantitative estimate of drug-likeness (QED) is 0.154. The first kappa shape index (κ1) is 50.7. The molecule has 1 heteroatoms. The first-order valence-corrected chi connectivity index (χ1v) is 23.8. The molecule has 0 aliphatic rings. The van der Waals surface area contributed by atoms with E-state index in [1.54, 1.807) is 12.2 Å². The van der Waals surface area contributed by atoms with Gasteiger partial charge in [0.2, 0.25) is 0 Å². The molecule has 10 aromatic rings. The molecule has 0 spiro atoms. The summed E-state index contributed by atoms with van der Waals surface area (Å²) < 4.78 is 2.72. The number of rotatable bonds is 4. The summed E-state index contributed by atoms with van der Waals surface area (Å²) in [6, 6.07) is 77.1. The van der Waals surface area contributed by atoms with Crippen LogP contribution in [0.2, 0.25) is 0 Å². The standard InChI is InChI=1S/C27H22S.C13H12.C8H10.2C7H8.C4H6/c1-17-8-12-26-24(14-17)25-16-21(11-13-27(25)28-26)20-10-9-19(3)23(15-20)22-7-5-4-6-18(22)2;1-11-7-9-13(10-8-11)12-5-3-2-4-6-12;1-7-4-3-5-8(2)6-7;2*1-7-5-3-2-4-6-7;1-3-4-2/h4-16H,1-3H3;2-10H,1H3;3-6H,1-2H3;2*2-6H,1H3;3-4H,1-2H2. The van der Waals surface area contributed by atoms with E-state index in [1.165, 1.54) is 98.1 Å². The molecule has 0 radical (unpaired) electrons. The van der Waals surface area contributed by atoms with Gasteiger partial charge in [0.25, 0.3) is 0 Å². The van der Waals surface area contributed by atoms with Gasteiger partial charge in [-0.3, -0.25) is 0 Å². The first-order chi connectivity index (χ1) is 32.4. The van der Waals surface area contributed by atoms with E-state index in [4.69, 9.17) is 0 Å². The molecule has 1 heterocycles. The van der Waals surface area contributed by atoms with Crippen LogP contribution in [0.4, 0.5) is 0 Å². The molecular formula is C66H66S. The zero-order chi connectivity index (χ0) is 48.0. The van der Waals surface area contributed by atoms with Gasteiger partial charge in [-0.25, -0.2) is 0 Å². The number of thiophene rings is 1. The van der Waals surface area contributed by atoms with Gasteiger partial charge in [-0.05, 0) is 130 Å². The summed E-state index contributed by atoms with van der Waals surface area (Å²) in [6.07, 6.45) is 3.28. The van der Waals surface area contributed by atoms with Gasteiger partial charge in [0, 0.05) is 20.2 Å². The minimum Gasteiger partial charge on any atom is -0.135 e. The lowest BCUT2D eigenvalue weighted by atomic mass is 9.92. The molecule has 0 amide bonds. The summed E-state index contributed by atoms with van der Waals surface area (Å²) in [7, 11) is 0. The molecule has 0 aliphatic carbocycles. The van der Waals surface area contributed by atoms with Crippen LogP contribution in [-0.2, 0) is 0 Å². The number of benzene rings is 9. The Morgan fingerprint density at radius 3 is 1.18 bits per heavy atom. The third-order valence-electron chi connectivity index (χ3n) is 11.0. The van der Waals surface area contributed by atoms with Gasteiger partial charge in [-0.2, -0.15) is 0 Å². The van der Waals surface area contributed by atoms with E-state index in [-0.39, 0.29) is 0 Å². The molecule has 0 atom stereocenters. The zero-order valence-electron chi connectivity index (χ0n) is 40.8. The molecule has 0 unspecified atom stereocenters. The molecule has 0 bridgehead atoms. The summed E-state index contributed by atoms with van der Waals surface area (Å²) in [6.45, 7) is 23.8. The highest BCUT2D eigenvalue weighted by molar-refractivity contribution is 7.25. The van der Waals surface area contributed by atoms with Crippen molar-refractivity contribution in [3.8, 4) is 33.4 Å². The fraction of sp³-hybridized carbons (Fsp3) is 0.121. The maximum Gasteiger partial charge on any atom is 0.0355 e. The lowest BCUT2D eigenvalue weighted by molar-refractivity contribution is 1.39. The van der Waals surface area contributed by atoms with Crippen LogP contribution in [0.15, 0.2) is 244 Å². The van der Waals surface area contributed by atoms with Gasteiger partial charge in [-0.1, -0.05) is 247 Å². The van der Waals surface area contributed by atoms with Gasteiger partial charge in [-0.15, -0.1) is 11.3 Å². The van der Waals surface area contributed by atoms with Crippen molar-refractivity contribution in [1.29, 1.82) is 0 Å². The highest BCUT2D eigenvalue weighted by atomic mass is 32.1. The molecule has 1 aromatic heterocycles. The van der Waals surface area contributed by atoms with Crippen molar-refractivity contribution in [1.82, 2.24) is 0 Å². The molecule has 0 saturated heterocycles. The number of fused-ring (bicyclic) bond motifs is 3. The Balaban J connectivity index is 0.000000177. The molecule has 336 valence electrons. The summed E-state index contributed by atoms with van der Waals surface area (Å²) in [5, 5.41) is 2.73. The van der Waals surface area contributed by atoms with Crippen molar-refractivity contribution in [2.24, 2.45) is 0 Å². The molecular weight excluding hydrogens is 825 g/mol. The zero-order valence-corrected chi connectivity index (χ0v) is 41.6. The molecule has 0 N–H and O–H groups in total. The molecule has 9 aromatic carbocycles. The SMILES string of the molecule is C=CC=C.Cc1ccc(-c2ccccc2)cc1.Cc1ccc2sc3ccc(-c4ccc(C)c(-c5ccccc5C)c4)cc3c2c1.Cc1cccc(C)c1.Cc1ccccc1.Cc1ccccc1. The molecule has 10 rings (SSSR count). The second-order valence-electron chi connectivity index (χ2n) is 16.8. The van der Waals surface area contributed by atoms with Crippen LogP contribution < -0.4 is 0 Å². The number of hydrogen-bond donors (Lipinski definition) is 0. The Morgan fingerprint density at radius 1 is 0.284 bits per heavy atom. The summed E-state index contributed by atoms with van der Waals surface area (Å²) in [5.41, 5.74) is 18.3. The van der Waals surface area contributed by atoms with Crippen molar-refractivity contribution in [2.75, 3.05) is 0 Å². The monoisotopic (exact) mass is 890 g/mol. The fourth-order valence-corrected chi connectivity index (χ4v) is 8.36. The average Bonchev–Trinajstić information content (AvgIpc) is 3.71. The Morgan fingerprint density at radius 2 is 0.672 bits per heavy atom. The first-order valence-electron chi connectivity index (χ1n) is 23.0. The summed E-state index contributed by atoms with van der Waals surface area (Å²) in [4.78, 5) is 0. The minimum absolute atomic E-state index is 1.28. The van der Waals surface area contributed by atoms with Crippen molar-refractivity contribution in [3.63, 3.8) is 0 Å². The Hall–Kier alpha value is -7.32. The van der Waals surface area contributed by atoms with Crippen molar-refractivity contribution < 1.29 is 0 Å². The van der Waals surface area contributed by atoms with Gasteiger partial charge in [0.1, 0.15) is 0 Å². The fourth-order valence-electron chi connectivity index (χ4n) is 7.29. The minimum atomic E-state index is 1.28. The lowest BCUT2D eigenvalue weighted by Gasteiger charge is -2.12. The normalized spacial score (nSPS) is 9.91. The maximum absolute atomic E-state index is 3.36. The average molecular weight is 891 g/mol. The van der Waals surface area contributed by atoms with Gasteiger partial charge < -0.3 is 0 Å². The predicted octanol–water partition coefficient (Wildman–Crippen LogP) is 19.6. The number of allylic oxidation sites excluding steroid dienone is 2. The summed E-state index contributed by atoms with van der Waals surface area (Å²) >= 11 is 1.88. The van der Waals surface area contributed by atoms with E-state index >= 15 is 0 Å². The van der Waals surface area contributed by atoms with Crippen LogP contribution in [-0.4, -0.2) is 0 Å². The third-order valence-corrected chi connectivity index (χ3v) is 12.2. The topological polar surface area (TPSA) is 0 Å². The second kappa shape index (κ2) is 26.6. The van der Waals surface area contributed by atoms with Crippen LogP contribution in [0.5, 0.6) is 0 Å². The van der Waals surface area contributed by atoms with E-state index < -0.39 is 0 Å². The third kappa shape index (κ3) is 16.3. The molecule has 67 heavy (non-hydrogen) atoms. The Kier molecular flexibility index (Phi) is 20.1. The van der Waals surface area contributed by atoms with Crippen molar-refractivity contribution >= 4 is 31.5 Å². The van der Waals surface area contributed by atoms with E-state index in [0.29, 0.717) is 0 Å². The maximum atomic E-state index is 3.36. The van der Waals surface area contributed by atoms with Crippen LogP contribution in [0.25, 0.3) is 53.6 Å². The van der Waals surface area contributed by atoms with Gasteiger partial charge >= 0.3 is 0 Å². The van der Waals surface area contributed by atoms with Crippen molar-refractivity contribution in [2.45, 2.75) is 55.4 Å². The molecule has 0 aliphatic heterocycles. The number of aryl methyl sites for hydroxylation is 8. The van der Waals surface area contributed by atoms with Crippen LogP contribution in [0.3, 0.4) is 0 Å². The largest absolute Gasteiger partial charge is 0.135 e. The molecule has 0 nitrogen and oxygen atoms in total. The summed E-state index contributed by atoms with van der Waals surface area (Å²) in [5.74, 6) is 0. The van der Waals surface area contributed by atoms with Crippen LogP contribution in [0, 0.1) is 55.4 Å². The molecule has 0 saturated carbocycles. The van der Waals surface area contributed by atoms with Crippen molar-refractivity contribution in [3.05, 3.63) is 288 Å². The van der Waals surface area contributed by atoms with Crippen LogP contribution in [0.1, 0.15) is 44.5 Å². The molecule has 0 fully saturated rings. The van der Waals surface area contributed by atoms with Gasteiger partial charge in [0.15, 0.2) is 0 Å². The lowest BCUT2D eigenvalue weighted by Crippen LogP contribution is -1.88. The van der Waals surface area contributed by atoms with E-state index in [2.05, 4.69) is 244 Å². The Bertz CT molecular complexity index is 2980. The number of hydrogen-bond acceptors (Lipinski definition) is 1. The highest BCUT2D eigenvalue weighted by Gasteiger charge is 2.10. The highest BCUT2D eigenvalue weighted by Crippen LogP contribution is 2.38. The van der Waals surface area contributed by atoms with Crippen LogP contribution >= 0.6 is 11.3 Å². The predicted molar refractivity (Wildman–Crippen MR) is 300 cm³/mol. The smallest absolute Gasteiger partial charge is 0.0355 e. The van der Waals surface area contributed by atoms with E-state index in [0.717, 1.165) is 0 Å². The Labute approximate surface area is 406 Å².